The van der Waals surface area contributed by atoms with Gasteiger partial charge in [-0.15, -0.1) is 5.10 Å². The molecule has 3 fully saturated rings. The highest BCUT2D eigenvalue weighted by atomic mass is 35.5. The van der Waals surface area contributed by atoms with Crippen LogP contribution >= 0.6 is 11.6 Å². The average molecular weight is 291 g/mol. The summed E-state index contributed by atoms with van der Waals surface area (Å²) in [6, 6.07) is 4.53. The molecule has 5 rings (SSSR count). The van der Waals surface area contributed by atoms with E-state index in [0.29, 0.717) is 17.2 Å². The highest BCUT2D eigenvalue weighted by molar-refractivity contribution is 6.28. The third-order valence-corrected chi connectivity index (χ3v) is 5.46. The lowest BCUT2D eigenvalue weighted by Gasteiger charge is -2.47. The Labute approximate surface area is 123 Å². The lowest BCUT2D eigenvalue weighted by molar-refractivity contribution is 0.0928. The molecular weight excluding hydrogens is 272 g/mol. The van der Waals surface area contributed by atoms with Crippen molar-refractivity contribution >= 4 is 22.9 Å². The lowest BCUT2D eigenvalue weighted by Crippen LogP contribution is -2.47. The van der Waals surface area contributed by atoms with Crippen LogP contribution in [0.1, 0.15) is 32.6 Å². The molecule has 0 spiro atoms. The molecule has 0 saturated heterocycles. The van der Waals surface area contributed by atoms with Crippen molar-refractivity contribution in [2.24, 2.45) is 17.8 Å². The van der Waals surface area contributed by atoms with Crippen LogP contribution in [-0.2, 0) is 0 Å². The highest BCUT2D eigenvalue weighted by Gasteiger charge is 2.41. The molecule has 2 atom stereocenters. The van der Waals surface area contributed by atoms with Gasteiger partial charge in [0.2, 0.25) is 5.28 Å². The van der Waals surface area contributed by atoms with Gasteiger partial charge in [0, 0.05) is 12.2 Å². The molecular formula is C15H19ClN4. The molecule has 0 unspecified atom stereocenters. The van der Waals surface area contributed by atoms with Crippen LogP contribution in [0.2, 0.25) is 5.28 Å². The van der Waals surface area contributed by atoms with Crippen LogP contribution in [0.4, 0.5) is 5.82 Å². The smallest absolute Gasteiger partial charge is 0.243 e. The summed E-state index contributed by atoms with van der Waals surface area (Å²) >= 11 is 6.03. The van der Waals surface area contributed by atoms with Crippen molar-refractivity contribution in [3.05, 3.63) is 23.6 Å². The zero-order valence-electron chi connectivity index (χ0n) is 11.6. The Morgan fingerprint density at radius 3 is 2.75 bits per heavy atom. The summed E-state index contributed by atoms with van der Waals surface area (Å²) in [5.41, 5.74) is 1.00. The van der Waals surface area contributed by atoms with Gasteiger partial charge >= 0.3 is 0 Å². The van der Waals surface area contributed by atoms with Gasteiger partial charge in [0.1, 0.15) is 5.52 Å². The van der Waals surface area contributed by atoms with E-state index in [9.17, 15) is 0 Å². The molecule has 5 heteroatoms. The average Bonchev–Trinajstić information content (AvgIpc) is 2.91. The van der Waals surface area contributed by atoms with Gasteiger partial charge in [-0.05, 0) is 67.2 Å². The Balaban J connectivity index is 1.69. The number of anilines is 1. The van der Waals surface area contributed by atoms with Crippen LogP contribution in [-0.4, -0.2) is 20.6 Å². The van der Waals surface area contributed by atoms with E-state index in [2.05, 4.69) is 22.3 Å². The van der Waals surface area contributed by atoms with Gasteiger partial charge in [-0.25, -0.2) is 4.52 Å². The summed E-state index contributed by atoms with van der Waals surface area (Å²) < 4.78 is 1.80. The van der Waals surface area contributed by atoms with Crippen LogP contribution in [0.25, 0.3) is 5.52 Å². The molecule has 106 valence electrons. The minimum absolute atomic E-state index is 0.296. The first kappa shape index (κ1) is 12.5. The molecule has 3 aliphatic carbocycles. The fraction of sp³-hybridized carbons (Fsp3) is 0.600. The molecule has 3 saturated carbocycles. The van der Waals surface area contributed by atoms with E-state index in [1.807, 2.05) is 18.3 Å². The van der Waals surface area contributed by atoms with Crippen molar-refractivity contribution in [3.63, 3.8) is 0 Å². The molecule has 3 aliphatic rings. The highest BCUT2D eigenvalue weighted by Crippen LogP contribution is 2.46. The number of hydrogen-bond acceptors (Lipinski definition) is 3. The van der Waals surface area contributed by atoms with Crippen molar-refractivity contribution in [1.82, 2.24) is 14.6 Å². The number of hydrogen-bond donors (Lipinski definition) is 1. The van der Waals surface area contributed by atoms with Gasteiger partial charge in [0.15, 0.2) is 5.82 Å². The summed E-state index contributed by atoms with van der Waals surface area (Å²) in [6.45, 7) is 2.38. The van der Waals surface area contributed by atoms with Crippen molar-refractivity contribution in [2.75, 3.05) is 5.32 Å². The largest absolute Gasteiger partial charge is 0.365 e. The van der Waals surface area contributed by atoms with Gasteiger partial charge in [0.05, 0.1) is 0 Å². The second kappa shape index (κ2) is 4.62. The summed E-state index contributed by atoms with van der Waals surface area (Å²) in [4.78, 5) is 4.41. The summed E-state index contributed by atoms with van der Waals surface area (Å²) in [5.74, 6) is 3.24. The van der Waals surface area contributed by atoms with Crippen molar-refractivity contribution in [3.8, 4) is 0 Å². The molecule has 0 aliphatic heterocycles. The van der Waals surface area contributed by atoms with E-state index in [1.54, 1.807) is 4.52 Å². The SMILES string of the molecule is C[C@H]1C2CCC(CC2)[C@@H]1Nc1nc(Cl)nn2cccc12. The van der Waals surface area contributed by atoms with Gasteiger partial charge in [-0.2, -0.15) is 4.98 Å². The monoisotopic (exact) mass is 290 g/mol. The molecule has 2 aromatic rings. The maximum atomic E-state index is 6.03. The second-order valence-corrected chi connectivity index (χ2v) is 6.61. The second-order valence-electron chi connectivity index (χ2n) is 6.27. The van der Waals surface area contributed by atoms with Crippen LogP contribution in [0, 0.1) is 17.8 Å². The Hall–Kier alpha value is -1.29. The first-order chi connectivity index (χ1) is 9.72. The number of halogens is 1. The predicted octanol–water partition coefficient (Wildman–Crippen LogP) is 3.62. The van der Waals surface area contributed by atoms with Crippen LogP contribution in [0.15, 0.2) is 18.3 Å². The van der Waals surface area contributed by atoms with E-state index >= 15 is 0 Å². The van der Waals surface area contributed by atoms with Crippen LogP contribution in [0.5, 0.6) is 0 Å². The van der Waals surface area contributed by atoms with Gasteiger partial charge in [0.25, 0.3) is 0 Å². The van der Waals surface area contributed by atoms with E-state index in [0.717, 1.165) is 23.2 Å². The zero-order valence-corrected chi connectivity index (χ0v) is 12.3. The summed E-state index contributed by atoms with van der Waals surface area (Å²) in [5, 5.41) is 8.16. The molecule has 0 aromatic carbocycles. The molecule has 4 nitrogen and oxygen atoms in total. The standard InChI is InChI=1S/C15H19ClN4/c1-9-10-4-6-11(7-5-10)13(9)17-14-12-3-2-8-20(12)19-15(16)18-14/h2-3,8-11,13H,4-7H2,1H3,(H,17,18,19)/t9-,10?,11?,13+/m0/s1. The van der Waals surface area contributed by atoms with E-state index in [1.165, 1.54) is 25.7 Å². The van der Waals surface area contributed by atoms with E-state index in [4.69, 9.17) is 11.6 Å². The van der Waals surface area contributed by atoms with Gasteiger partial charge in [-0.1, -0.05) is 6.92 Å². The molecule has 2 heterocycles. The number of fused-ring (bicyclic) bond motifs is 4. The van der Waals surface area contributed by atoms with Crippen molar-refractivity contribution in [2.45, 2.75) is 38.6 Å². The number of nitrogens with zero attached hydrogens (tertiary/aromatic N) is 3. The van der Waals surface area contributed by atoms with E-state index < -0.39 is 0 Å². The molecule has 1 N–H and O–H groups in total. The van der Waals surface area contributed by atoms with Gasteiger partial charge < -0.3 is 5.32 Å². The predicted molar refractivity (Wildman–Crippen MR) is 80.0 cm³/mol. The molecule has 2 bridgehead atoms. The molecule has 0 amide bonds. The van der Waals surface area contributed by atoms with Crippen molar-refractivity contribution in [1.29, 1.82) is 0 Å². The number of aromatic nitrogens is 3. The first-order valence-electron chi connectivity index (χ1n) is 7.50. The minimum atomic E-state index is 0.296. The third kappa shape index (κ3) is 1.89. The van der Waals surface area contributed by atoms with E-state index in [-0.39, 0.29) is 0 Å². The maximum absolute atomic E-state index is 6.03. The zero-order chi connectivity index (χ0) is 13.7. The van der Waals surface area contributed by atoms with Crippen molar-refractivity contribution < 1.29 is 0 Å². The molecule has 2 aromatic heterocycles. The van der Waals surface area contributed by atoms with Crippen LogP contribution in [0.3, 0.4) is 0 Å². The summed E-state index contributed by atoms with van der Waals surface area (Å²) in [6.07, 6.45) is 7.40. The normalized spacial score (nSPS) is 32.7. The topological polar surface area (TPSA) is 42.2 Å². The molecule has 0 radical (unpaired) electrons. The van der Waals surface area contributed by atoms with Crippen LogP contribution < -0.4 is 5.32 Å². The summed E-state index contributed by atoms with van der Waals surface area (Å²) in [7, 11) is 0. The van der Waals surface area contributed by atoms with Gasteiger partial charge in [-0.3, -0.25) is 0 Å². The molecule has 20 heavy (non-hydrogen) atoms. The number of nitrogens with one attached hydrogen (secondary N) is 1. The fourth-order valence-electron chi connectivity index (χ4n) is 4.17. The number of rotatable bonds is 2. The maximum Gasteiger partial charge on any atom is 0.243 e. The third-order valence-electron chi connectivity index (χ3n) is 5.30. The minimum Gasteiger partial charge on any atom is -0.365 e. The Kier molecular flexibility index (Phi) is 2.88. The lowest BCUT2D eigenvalue weighted by atomic mass is 9.62. The quantitative estimate of drug-likeness (QED) is 0.918. The first-order valence-corrected chi connectivity index (χ1v) is 7.87. The fourth-order valence-corrected chi connectivity index (χ4v) is 4.34. The Morgan fingerprint density at radius 2 is 2.00 bits per heavy atom. The Morgan fingerprint density at radius 1 is 1.25 bits per heavy atom. The Bertz CT molecular complexity index is 628.